The van der Waals surface area contributed by atoms with Crippen LogP contribution in [0, 0.1) is 24.7 Å². The van der Waals surface area contributed by atoms with Crippen LogP contribution in [-0.2, 0) is 5.41 Å². The molecule has 1 aromatic rings. The van der Waals surface area contributed by atoms with Gasteiger partial charge in [0.25, 0.3) is 0 Å². The van der Waals surface area contributed by atoms with Crippen molar-refractivity contribution in [1.29, 1.82) is 0 Å². The van der Waals surface area contributed by atoms with E-state index in [0.717, 1.165) is 17.8 Å². The van der Waals surface area contributed by atoms with Gasteiger partial charge in [-0.1, -0.05) is 24.3 Å². The van der Waals surface area contributed by atoms with Crippen molar-refractivity contribution in [3.63, 3.8) is 0 Å². The molecule has 1 radical (unpaired) electrons. The molecule has 5 rings (SSSR count). The SMILES string of the molecule is [CH2]c1ccccc1C12CC3CC(CC(C3)C1)C2. The second kappa shape index (κ2) is 3.37. The van der Waals surface area contributed by atoms with Gasteiger partial charge in [-0.2, -0.15) is 0 Å². The first-order valence-corrected chi connectivity index (χ1v) is 7.17. The van der Waals surface area contributed by atoms with Gasteiger partial charge >= 0.3 is 0 Å². The average molecular weight is 225 g/mol. The lowest BCUT2D eigenvalue weighted by molar-refractivity contribution is -0.00534. The molecule has 0 aliphatic heterocycles. The maximum absolute atomic E-state index is 4.28. The maximum Gasteiger partial charge on any atom is -0.00363 e. The molecular formula is C17H21. The van der Waals surface area contributed by atoms with Crippen molar-refractivity contribution in [2.24, 2.45) is 17.8 Å². The summed E-state index contributed by atoms with van der Waals surface area (Å²) in [6.07, 6.45) is 8.93. The van der Waals surface area contributed by atoms with E-state index in [1.165, 1.54) is 44.1 Å². The minimum absolute atomic E-state index is 0.521. The van der Waals surface area contributed by atoms with Crippen LogP contribution in [0.2, 0.25) is 0 Å². The predicted molar refractivity (Wildman–Crippen MR) is 70.8 cm³/mol. The topological polar surface area (TPSA) is 0 Å². The maximum atomic E-state index is 4.28. The summed E-state index contributed by atoms with van der Waals surface area (Å²) in [6.45, 7) is 4.28. The van der Waals surface area contributed by atoms with Gasteiger partial charge in [-0.3, -0.25) is 0 Å². The summed E-state index contributed by atoms with van der Waals surface area (Å²) >= 11 is 0. The van der Waals surface area contributed by atoms with Crippen LogP contribution in [0.5, 0.6) is 0 Å². The van der Waals surface area contributed by atoms with E-state index < -0.39 is 0 Å². The minimum Gasteiger partial charge on any atom is -0.0620 e. The smallest absolute Gasteiger partial charge is 0.00363 e. The third kappa shape index (κ3) is 1.42. The van der Waals surface area contributed by atoms with Crippen LogP contribution in [0.3, 0.4) is 0 Å². The third-order valence-corrected chi connectivity index (χ3v) is 5.63. The molecule has 0 N–H and O–H groups in total. The molecule has 0 amide bonds. The van der Waals surface area contributed by atoms with Gasteiger partial charge in [-0.05, 0) is 79.7 Å². The molecule has 0 unspecified atom stereocenters. The molecule has 4 saturated carbocycles. The van der Waals surface area contributed by atoms with Gasteiger partial charge in [0, 0.05) is 0 Å². The van der Waals surface area contributed by atoms with E-state index in [1.807, 2.05) is 0 Å². The van der Waals surface area contributed by atoms with Crippen molar-refractivity contribution < 1.29 is 0 Å². The van der Waals surface area contributed by atoms with Crippen LogP contribution in [0.4, 0.5) is 0 Å². The normalized spacial score (nSPS) is 43.0. The predicted octanol–water partition coefficient (Wildman–Crippen LogP) is 4.34. The molecule has 0 saturated heterocycles. The van der Waals surface area contributed by atoms with Gasteiger partial charge in [0.05, 0.1) is 0 Å². The van der Waals surface area contributed by atoms with E-state index in [1.54, 1.807) is 5.56 Å². The summed E-state index contributed by atoms with van der Waals surface area (Å²) in [7, 11) is 0. The largest absolute Gasteiger partial charge is 0.0620 e. The van der Waals surface area contributed by atoms with Crippen LogP contribution in [0.1, 0.15) is 49.7 Å². The molecule has 4 bridgehead atoms. The van der Waals surface area contributed by atoms with Gasteiger partial charge in [0.2, 0.25) is 0 Å². The van der Waals surface area contributed by atoms with Crippen LogP contribution in [0.15, 0.2) is 24.3 Å². The Morgan fingerprint density at radius 2 is 1.41 bits per heavy atom. The highest BCUT2D eigenvalue weighted by Gasteiger charge is 2.51. The summed E-state index contributed by atoms with van der Waals surface area (Å²) in [6, 6.07) is 8.90. The molecule has 17 heavy (non-hydrogen) atoms. The lowest BCUT2D eigenvalue weighted by Crippen LogP contribution is -2.48. The second-order valence-corrected chi connectivity index (χ2v) is 6.86. The third-order valence-electron chi connectivity index (χ3n) is 5.63. The lowest BCUT2D eigenvalue weighted by atomic mass is 9.47. The van der Waals surface area contributed by atoms with Crippen molar-refractivity contribution in [2.45, 2.75) is 43.9 Å². The van der Waals surface area contributed by atoms with Gasteiger partial charge < -0.3 is 0 Å². The Balaban J connectivity index is 1.80. The van der Waals surface area contributed by atoms with Crippen molar-refractivity contribution in [3.05, 3.63) is 42.3 Å². The fraction of sp³-hybridized carbons (Fsp3) is 0.588. The molecule has 89 valence electrons. The Labute approximate surface area is 104 Å². The van der Waals surface area contributed by atoms with E-state index >= 15 is 0 Å². The summed E-state index contributed by atoms with van der Waals surface area (Å²) in [4.78, 5) is 0. The summed E-state index contributed by atoms with van der Waals surface area (Å²) in [5.41, 5.74) is 3.39. The zero-order chi connectivity index (χ0) is 11.5. The Bertz CT molecular complexity index is 408. The molecule has 0 heteroatoms. The minimum atomic E-state index is 0.521. The van der Waals surface area contributed by atoms with Crippen molar-refractivity contribution in [1.82, 2.24) is 0 Å². The van der Waals surface area contributed by atoms with Crippen LogP contribution < -0.4 is 0 Å². The Hall–Kier alpha value is -0.780. The standard InChI is InChI=1S/C17H21/c1-12-4-2-3-5-16(12)17-9-13-6-14(10-17)8-15(7-13)11-17/h2-5,13-15H,1,6-11H2. The molecule has 4 fully saturated rings. The highest BCUT2D eigenvalue weighted by atomic mass is 14.6. The molecular weight excluding hydrogens is 204 g/mol. The average Bonchev–Trinajstić information content (AvgIpc) is 2.27. The summed E-state index contributed by atoms with van der Waals surface area (Å²) in [5, 5.41) is 0. The quantitative estimate of drug-likeness (QED) is 0.667. The van der Waals surface area contributed by atoms with Gasteiger partial charge in [-0.15, -0.1) is 0 Å². The number of rotatable bonds is 1. The van der Waals surface area contributed by atoms with Crippen molar-refractivity contribution in [3.8, 4) is 0 Å². The summed E-state index contributed by atoms with van der Waals surface area (Å²) < 4.78 is 0. The highest BCUT2D eigenvalue weighted by Crippen LogP contribution is 2.61. The fourth-order valence-electron chi connectivity index (χ4n) is 5.48. The lowest BCUT2D eigenvalue weighted by Gasteiger charge is -2.57. The summed E-state index contributed by atoms with van der Waals surface area (Å²) in [5.74, 6) is 3.09. The van der Waals surface area contributed by atoms with Gasteiger partial charge in [0.15, 0.2) is 0 Å². The first-order valence-electron chi connectivity index (χ1n) is 7.17. The molecule has 0 heterocycles. The van der Waals surface area contributed by atoms with Crippen LogP contribution in [-0.4, -0.2) is 0 Å². The molecule has 0 atom stereocenters. The van der Waals surface area contributed by atoms with E-state index in [4.69, 9.17) is 0 Å². The zero-order valence-electron chi connectivity index (χ0n) is 10.5. The molecule has 0 spiro atoms. The van der Waals surface area contributed by atoms with Crippen molar-refractivity contribution >= 4 is 0 Å². The highest BCUT2D eigenvalue weighted by molar-refractivity contribution is 5.38. The van der Waals surface area contributed by atoms with E-state index in [-0.39, 0.29) is 0 Å². The number of hydrogen-bond donors (Lipinski definition) is 0. The molecule has 4 aliphatic carbocycles. The van der Waals surface area contributed by atoms with Crippen molar-refractivity contribution in [2.75, 3.05) is 0 Å². The second-order valence-electron chi connectivity index (χ2n) is 6.86. The van der Waals surface area contributed by atoms with Gasteiger partial charge in [0.1, 0.15) is 0 Å². The fourth-order valence-corrected chi connectivity index (χ4v) is 5.48. The molecule has 1 aromatic carbocycles. The Morgan fingerprint density at radius 1 is 0.882 bits per heavy atom. The van der Waals surface area contributed by atoms with E-state index in [2.05, 4.69) is 31.2 Å². The first-order chi connectivity index (χ1) is 8.25. The Morgan fingerprint density at radius 3 is 1.94 bits per heavy atom. The van der Waals surface area contributed by atoms with Gasteiger partial charge in [-0.25, -0.2) is 0 Å². The molecule has 4 aliphatic rings. The molecule has 0 aromatic heterocycles. The monoisotopic (exact) mass is 225 g/mol. The van der Waals surface area contributed by atoms with Crippen LogP contribution in [0.25, 0.3) is 0 Å². The van der Waals surface area contributed by atoms with E-state index in [9.17, 15) is 0 Å². The van der Waals surface area contributed by atoms with Crippen LogP contribution >= 0.6 is 0 Å². The first kappa shape index (κ1) is 10.2. The Kier molecular flexibility index (Phi) is 2.02. The number of hydrogen-bond acceptors (Lipinski definition) is 0. The zero-order valence-corrected chi connectivity index (χ0v) is 10.5. The van der Waals surface area contributed by atoms with E-state index in [0.29, 0.717) is 5.41 Å². The number of benzene rings is 1. The molecule has 0 nitrogen and oxygen atoms in total.